The lowest BCUT2D eigenvalue weighted by Crippen LogP contribution is -2.13. The van der Waals surface area contributed by atoms with Crippen molar-refractivity contribution >= 4 is 6.08 Å². The van der Waals surface area contributed by atoms with Crippen molar-refractivity contribution < 1.29 is 23.0 Å². The summed E-state index contributed by atoms with van der Waals surface area (Å²) in [5.41, 5.74) is 4.16. The maximum absolute atomic E-state index is 13.0. The molecule has 2 aromatic carbocycles. The van der Waals surface area contributed by atoms with Crippen molar-refractivity contribution in [1.29, 1.82) is 0 Å². The predicted molar refractivity (Wildman–Crippen MR) is 148 cm³/mol. The highest BCUT2D eigenvalue weighted by molar-refractivity contribution is 5.60. The predicted octanol–water partition coefficient (Wildman–Crippen LogP) is 9.45. The molecular weight excluding hydrogens is 487 g/mol. The molecule has 0 aliphatic carbocycles. The first-order valence-electron chi connectivity index (χ1n) is 12.8. The van der Waals surface area contributed by atoms with E-state index >= 15 is 0 Å². The minimum atomic E-state index is -4.38. The zero-order valence-corrected chi connectivity index (χ0v) is 21.9. The number of benzene rings is 2. The molecule has 0 saturated heterocycles. The van der Waals surface area contributed by atoms with E-state index in [1.165, 1.54) is 12.1 Å². The third kappa shape index (κ3) is 7.60. The van der Waals surface area contributed by atoms with Crippen molar-refractivity contribution in [3.8, 4) is 17.0 Å². The van der Waals surface area contributed by atoms with Crippen LogP contribution in [-0.4, -0.2) is 10.1 Å². The van der Waals surface area contributed by atoms with Gasteiger partial charge in [0, 0.05) is 5.56 Å². The van der Waals surface area contributed by atoms with Gasteiger partial charge in [0.05, 0.1) is 17.0 Å². The molecule has 3 rings (SSSR count). The van der Waals surface area contributed by atoms with Gasteiger partial charge >= 0.3 is 6.18 Å². The number of aliphatic hydroxyl groups excluding tert-OH is 1. The highest BCUT2D eigenvalue weighted by atomic mass is 19.4. The van der Waals surface area contributed by atoms with Gasteiger partial charge in [-0.3, -0.25) is 0 Å². The molecule has 3 nitrogen and oxygen atoms in total. The summed E-state index contributed by atoms with van der Waals surface area (Å²) in [5, 5.41) is 9.47. The molecule has 1 heterocycles. The second-order valence-electron chi connectivity index (χ2n) is 9.11. The van der Waals surface area contributed by atoms with Crippen molar-refractivity contribution in [2.45, 2.75) is 58.2 Å². The molecule has 0 aliphatic rings. The second kappa shape index (κ2) is 13.1. The van der Waals surface area contributed by atoms with Crippen molar-refractivity contribution in [3.05, 3.63) is 114 Å². The van der Waals surface area contributed by atoms with E-state index in [1.807, 2.05) is 36.4 Å². The molecule has 0 spiro atoms. The largest absolute Gasteiger partial charge is 0.509 e. The van der Waals surface area contributed by atoms with Gasteiger partial charge < -0.3 is 9.84 Å². The summed E-state index contributed by atoms with van der Waals surface area (Å²) in [5.74, 6) is 0.766. The lowest BCUT2D eigenvalue weighted by molar-refractivity contribution is -0.137. The van der Waals surface area contributed by atoms with E-state index in [0.29, 0.717) is 17.7 Å². The van der Waals surface area contributed by atoms with Gasteiger partial charge in [-0.1, -0.05) is 57.2 Å². The first-order valence-corrected chi connectivity index (χ1v) is 12.8. The van der Waals surface area contributed by atoms with Crippen LogP contribution in [0.25, 0.3) is 17.3 Å². The molecule has 0 saturated carbocycles. The van der Waals surface area contributed by atoms with E-state index in [2.05, 4.69) is 27.0 Å². The van der Waals surface area contributed by atoms with Gasteiger partial charge in [-0.05, 0) is 84.8 Å². The van der Waals surface area contributed by atoms with Crippen LogP contribution in [0.4, 0.5) is 13.2 Å². The molecule has 6 heteroatoms. The highest BCUT2D eigenvalue weighted by Crippen LogP contribution is 2.35. The minimum absolute atomic E-state index is 0.0210. The lowest BCUT2D eigenvalue weighted by Gasteiger charge is -2.24. The maximum Gasteiger partial charge on any atom is 0.416 e. The van der Waals surface area contributed by atoms with Crippen LogP contribution >= 0.6 is 0 Å². The van der Waals surface area contributed by atoms with Crippen molar-refractivity contribution in [2.24, 2.45) is 0 Å². The van der Waals surface area contributed by atoms with Gasteiger partial charge in [0.2, 0.25) is 0 Å². The van der Waals surface area contributed by atoms with Crippen molar-refractivity contribution in [2.75, 3.05) is 0 Å². The number of aliphatic hydroxyl groups is 1. The molecule has 200 valence electrons. The maximum atomic E-state index is 13.0. The molecule has 1 unspecified atom stereocenters. The van der Waals surface area contributed by atoms with Gasteiger partial charge in [0.15, 0.2) is 0 Å². The fraction of sp³-hybridized carbons (Fsp3) is 0.281. The number of nitrogens with zero attached hydrogens (tertiary/aromatic N) is 1. The SMILES string of the molecule is C=CCc1cc(/C=C/C(=C)O)cc(CC)c1OC(CCCC)c1cccc(-c2ccc(C(F)(F)F)cc2)n1. The van der Waals surface area contributed by atoms with Crippen molar-refractivity contribution in [3.63, 3.8) is 0 Å². The zero-order valence-electron chi connectivity index (χ0n) is 21.9. The molecule has 0 fully saturated rings. The Labute approximate surface area is 223 Å². The average molecular weight is 522 g/mol. The Morgan fingerprint density at radius 3 is 2.39 bits per heavy atom. The molecule has 0 amide bonds. The number of pyridine rings is 1. The fourth-order valence-electron chi connectivity index (χ4n) is 4.21. The van der Waals surface area contributed by atoms with Crippen LogP contribution < -0.4 is 4.74 Å². The first-order chi connectivity index (χ1) is 18.2. The number of rotatable bonds is 12. The number of unbranched alkanes of at least 4 members (excludes halogenated alkanes) is 1. The van der Waals surface area contributed by atoms with Crippen LogP contribution in [0.2, 0.25) is 0 Å². The molecule has 1 N–H and O–H groups in total. The van der Waals surface area contributed by atoms with E-state index < -0.39 is 11.7 Å². The minimum Gasteiger partial charge on any atom is -0.509 e. The summed E-state index contributed by atoms with van der Waals surface area (Å²) >= 11 is 0. The van der Waals surface area contributed by atoms with Gasteiger partial charge in [-0.25, -0.2) is 4.98 Å². The Kier molecular flexibility index (Phi) is 9.94. The van der Waals surface area contributed by atoms with Gasteiger partial charge in [-0.2, -0.15) is 13.2 Å². The summed E-state index contributed by atoms with van der Waals surface area (Å²) in [6.07, 6.45) is 4.44. The number of aromatic nitrogens is 1. The number of ether oxygens (including phenoxy) is 1. The van der Waals surface area contributed by atoms with Crippen LogP contribution in [0, 0.1) is 0 Å². The van der Waals surface area contributed by atoms with E-state index in [-0.39, 0.29) is 11.9 Å². The van der Waals surface area contributed by atoms with Crippen LogP contribution in [0.15, 0.2) is 85.7 Å². The molecule has 0 aliphatic heterocycles. The van der Waals surface area contributed by atoms with E-state index in [4.69, 9.17) is 9.72 Å². The molecule has 38 heavy (non-hydrogen) atoms. The third-order valence-electron chi connectivity index (χ3n) is 6.17. The molecule has 1 atom stereocenters. The summed E-state index contributed by atoms with van der Waals surface area (Å²) in [7, 11) is 0. The van der Waals surface area contributed by atoms with Gasteiger partial charge in [-0.15, -0.1) is 6.58 Å². The second-order valence-corrected chi connectivity index (χ2v) is 9.11. The monoisotopic (exact) mass is 521 g/mol. The Hall–Kier alpha value is -3.80. The number of halogens is 3. The summed E-state index contributed by atoms with van der Waals surface area (Å²) in [6, 6.07) is 14.6. The highest BCUT2D eigenvalue weighted by Gasteiger charge is 2.30. The molecule has 0 radical (unpaired) electrons. The van der Waals surface area contributed by atoms with Gasteiger partial charge in [0.25, 0.3) is 0 Å². The lowest BCUT2D eigenvalue weighted by atomic mass is 9.99. The van der Waals surface area contributed by atoms with Crippen molar-refractivity contribution in [1.82, 2.24) is 4.98 Å². The third-order valence-corrected chi connectivity index (χ3v) is 6.17. The van der Waals surface area contributed by atoms with Crippen LogP contribution in [-0.2, 0) is 19.0 Å². The molecular formula is C32H34F3NO2. The number of aryl methyl sites for hydroxylation is 1. The van der Waals surface area contributed by atoms with Gasteiger partial charge in [0.1, 0.15) is 17.6 Å². The van der Waals surface area contributed by atoms with Crippen LogP contribution in [0.5, 0.6) is 5.75 Å². The number of hydrogen-bond acceptors (Lipinski definition) is 3. The van der Waals surface area contributed by atoms with Crippen LogP contribution in [0.3, 0.4) is 0 Å². The quantitative estimate of drug-likeness (QED) is 0.147. The van der Waals surface area contributed by atoms with E-state index in [1.54, 1.807) is 12.1 Å². The van der Waals surface area contributed by atoms with E-state index in [9.17, 15) is 18.3 Å². The molecule has 3 aromatic rings. The Morgan fingerprint density at radius 2 is 1.79 bits per heavy atom. The van der Waals surface area contributed by atoms with E-state index in [0.717, 1.165) is 65.9 Å². The molecule has 1 aromatic heterocycles. The van der Waals surface area contributed by atoms with Crippen LogP contribution in [0.1, 0.15) is 67.2 Å². The summed E-state index contributed by atoms with van der Waals surface area (Å²) in [6.45, 7) is 11.6. The number of alkyl halides is 3. The normalized spacial score (nSPS) is 12.4. The fourth-order valence-corrected chi connectivity index (χ4v) is 4.21. The topological polar surface area (TPSA) is 42.4 Å². The smallest absolute Gasteiger partial charge is 0.416 e. The standard InChI is InChI=1S/C32H34F3NO2/c1-5-8-13-30(29-12-9-11-28(36-29)25-16-18-27(19-17-25)32(33,34)35)38-31-24(7-3)20-23(15-14-22(4)37)21-26(31)10-6-2/h6,9,11-12,14-21,30,37H,2,4-5,7-8,10,13H2,1,3H3/b15-14+. The summed E-state index contributed by atoms with van der Waals surface area (Å²) in [4.78, 5) is 4.81. The number of allylic oxidation sites excluding steroid dienone is 2. The number of hydrogen-bond donors (Lipinski definition) is 1. The Bertz CT molecular complexity index is 1280. The zero-order chi connectivity index (χ0) is 27.7. The average Bonchev–Trinajstić information content (AvgIpc) is 2.90. The Morgan fingerprint density at radius 1 is 1.08 bits per heavy atom. The Balaban J connectivity index is 2.00. The summed E-state index contributed by atoms with van der Waals surface area (Å²) < 4.78 is 45.7. The molecule has 0 bridgehead atoms. The first kappa shape index (κ1) is 28.8.